The first-order chi connectivity index (χ1) is 10.5. The number of nitrogens with one attached hydrogen (secondary N) is 1. The van der Waals surface area contributed by atoms with Crippen LogP contribution in [0.15, 0.2) is 36.4 Å². The number of sulfone groups is 1. The van der Waals surface area contributed by atoms with E-state index in [9.17, 15) is 13.5 Å². The van der Waals surface area contributed by atoms with Crippen molar-refractivity contribution in [1.82, 2.24) is 0 Å². The van der Waals surface area contributed by atoms with E-state index in [0.29, 0.717) is 18.0 Å². The minimum absolute atomic E-state index is 0.133. The zero-order chi connectivity index (χ0) is 15.7. The first-order valence-electron chi connectivity index (χ1n) is 7.75. The van der Waals surface area contributed by atoms with Crippen molar-refractivity contribution in [2.75, 3.05) is 18.1 Å². The number of phenolic OH excluding ortho intramolecular Hbond substituents is 1. The molecule has 2 aromatic rings. The number of hydrogen-bond acceptors (Lipinski definition) is 3. The highest BCUT2D eigenvalue weighted by Crippen LogP contribution is 2.26. The van der Waals surface area contributed by atoms with Gasteiger partial charge in [-0.2, -0.15) is 0 Å². The lowest BCUT2D eigenvalue weighted by Crippen LogP contribution is -3.14. The highest BCUT2D eigenvalue weighted by atomic mass is 32.2. The second-order valence-electron chi connectivity index (χ2n) is 6.07. The number of aromatic hydroxyl groups is 1. The molecule has 1 unspecified atom stereocenters. The Labute approximate surface area is 131 Å². The highest BCUT2D eigenvalue weighted by Gasteiger charge is 2.35. The molecule has 0 radical (unpaired) electrons. The third-order valence-electron chi connectivity index (χ3n) is 4.68. The molecule has 1 aliphatic heterocycles. The summed E-state index contributed by atoms with van der Waals surface area (Å²) in [4.78, 5) is 1.23. The molecular formula is C17H22NO3S+. The number of fused-ring (bicyclic) bond motifs is 1. The number of phenols is 1. The second-order valence-corrected chi connectivity index (χ2v) is 8.30. The fourth-order valence-corrected chi connectivity index (χ4v) is 5.24. The lowest BCUT2D eigenvalue weighted by Gasteiger charge is -2.24. The summed E-state index contributed by atoms with van der Waals surface area (Å²) in [5.41, 5.74) is 0.916. The molecule has 4 nitrogen and oxygen atoms in total. The van der Waals surface area contributed by atoms with Crippen molar-refractivity contribution in [3.8, 4) is 5.75 Å². The quantitative estimate of drug-likeness (QED) is 0.888. The zero-order valence-corrected chi connectivity index (χ0v) is 13.6. The smallest absolute Gasteiger partial charge is 0.156 e. The molecule has 2 N–H and O–H groups in total. The van der Waals surface area contributed by atoms with E-state index < -0.39 is 9.84 Å². The van der Waals surface area contributed by atoms with Crippen LogP contribution in [0.4, 0.5) is 0 Å². The summed E-state index contributed by atoms with van der Waals surface area (Å²) in [5.74, 6) is 0.857. The van der Waals surface area contributed by atoms with Gasteiger partial charge in [0.15, 0.2) is 9.84 Å². The van der Waals surface area contributed by atoms with Crippen LogP contribution >= 0.6 is 0 Å². The van der Waals surface area contributed by atoms with E-state index in [4.69, 9.17) is 0 Å². The molecule has 0 amide bonds. The van der Waals surface area contributed by atoms with Gasteiger partial charge in [0.2, 0.25) is 0 Å². The van der Waals surface area contributed by atoms with Crippen LogP contribution in [-0.4, -0.2) is 37.6 Å². The van der Waals surface area contributed by atoms with Gasteiger partial charge in [0, 0.05) is 6.42 Å². The van der Waals surface area contributed by atoms with E-state index in [0.717, 1.165) is 29.3 Å². The molecule has 118 valence electrons. The Morgan fingerprint density at radius 1 is 1.23 bits per heavy atom. The first-order valence-corrected chi connectivity index (χ1v) is 9.57. The van der Waals surface area contributed by atoms with Gasteiger partial charge in [-0.15, -0.1) is 0 Å². The molecule has 0 bridgehead atoms. The van der Waals surface area contributed by atoms with Crippen LogP contribution in [0.2, 0.25) is 0 Å². The van der Waals surface area contributed by atoms with Gasteiger partial charge in [0.25, 0.3) is 0 Å². The Morgan fingerprint density at radius 3 is 2.68 bits per heavy atom. The number of quaternary nitrogens is 1. The van der Waals surface area contributed by atoms with Gasteiger partial charge >= 0.3 is 0 Å². The summed E-state index contributed by atoms with van der Waals surface area (Å²) < 4.78 is 23.5. The average molecular weight is 320 g/mol. The normalized spacial score (nSPS) is 22.0. The molecule has 1 fully saturated rings. The van der Waals surface area contributed by atoms with Crippen molar-refractivity contribution >= 4 is 20.6 Å². The predicted molar refractivity (Wildman–Crippen MR) is 87.9 cm³/mol. The van der Waals surface area contributed by atoms with Crippen LogP contribution in [0.5, 0.6) is 5.75 Å². The third-order valence-corrected chi connectivity index (χ3v) is 6.45. The van der Waals surface area contributed by atoms with Crippen LogP contribution in [-0.2, 0) is 16.4 Å². The summed E-state index contributed by atoms with van der Waals surface area (Å²) in [7, 11) is -2.88. The van der Waals surface area contributed by atoms with Crippen LogP contribution in [0.3, 0.4) is 0 Å². The largest absolute Gasteiger partial charge is 0.507 e. The Bertz CT molecular complexity index is 786. The van der Waals surface area contributed by atoms with Crippen LogP contribution in [0.1, 0.15) is 18.9 Å². The van der Waals surface area contributed by atoms with Crippen molar-refractivity contribution < 1.29 is 18.4 Å². The van der Waals surface area contributed by atoms with E-state index in [1.165, 1.54) is 4.90 Å². The van der Waals surface area contributed by atoms with Crippen LogP contribution in [0, 0.1) is 0 Å². The molecule has 1 heterocycles. The van der Waals surface area contributed by atoms with E-state index >= 15 is 0 Å². The van der Waals surface area contributed by atoms with Gasteiger partial charge < -0.3 is 10.0 Å². The molecule has 5 heteroatoms. The second kappa shape index (κ2) is 5.89. The van der Waals surface area contributed by atoms with E-state index in [2.05, 4.69) is 6.92 Å². The Kier molecular flexibility index (Phi) is 4.10. The lowest BCUT2D eigenvalue weighted by molar-refractivity contribution is -0.934. The molecule has 1 aliphatic rings. The summed E-state index contributed by atoms with van der Waals surface area (Å²) in [6, 6.07) is 11.8. The summed E-state index contributed by atoms with van der Waals surface area (Å²) in [6.45, 7) is 3.58. The monoisotopic (exact) mass is 320 g/mol. The molecular weight excluding hydrogens is 298 g/mol. The van der Waals surface area contributed by atoms with E-state index in [1.807, 2.05) is 30.3 Å². The minimum atomic E-state index is -2.88. The molecule has 3 rings (SSSR count). The molecule has 0 spiro atoms. The summed E-state index contributed by atoms with van der Waals surface area (Å²) >= 11 is 0. The van der Waals surface area contributed by atoms with Gasteiger partial charge in [-0.1, -0.05) is 30.3 Å². The van der Waals surface area contributed by atoms with Gasteiger partial charge in [-0.25, -0.2) is 8.42 Å². The molecule has 0 aromatic heterocycles. The van der Waals surface area contributed by atoms with Crippen molar-refractivity contribution in [2.24, 2.45) is 0 Å². The predicted octanol–water partition coefficient (Wildman–Crippen LogP) is 1.14. The molecule has 0 aliphatic carbocycles. The molecule has 2 aromatic carbocycles. The standard InChI is InChI=1S/C17H21NO3S/c1-2-18(14-9-10-22(20,21)12-14)11-16-15-6-4-3-5-13(15)7-8-17(16)19/h3-8,14,19H,2,9-12H2,1H3/p+1/t14-/m0/s1. The Balaban J connectivity index is 1.93. The SMILES string of the molecule is CC[NH+](Cc1c(O)ccc2ccccc12)[C@H]1CCS(=O)(=O)C1. The summed E-state index contributed by atoms with van der Waals surface area (Å²) in [5, 5.41) is 12.4. The molecule has 1 saturated heterocycles. The van der Waals surface area contributed by atoms with Crippen molar-refractivity contribution in [3.63, 3.8) is 0 Å². The van der Waals surface area contributed by atoms with E-state index in [1.54, 1.807) is 6.07 Å². The first kappa shape index (κ1) is 15.3. The van der Waals surface area contributed by atoms with Gasteiger partial charge in [0.05, 0.1) is 17.9 Å². The van der Waals surface area contributed by atoms with Gasteiger partial charge in [-0.05, 0) is 23.8 Å². The van der Waals surface area contributed by atoms with Crippen molar-refractivity contribution in [3.05, 3.63) is 42.0 Å². The summed E-state index contributed by atoms with van der Waals surface area (Å²) in [6.07, 6.45) is 0.719. The Morgan fingerprint density at radius 2 is 2.00 bits per heavy atom. The number of rotatable bonds is 4. The van der Waals surface area contributed by atoms with Gasteiger partial charge in [0.1, 0.15) is 24.1 Å². The van der Waals surface area contributed by atoms with E-state index in [-0.39, 0.29) is 11.8 Å². The maximum Gasteiger partial charge on any atom is 0.156 e. The topological polar surface area (TPSA) is 58.8 Å². The third kappa shape index (κ3) is 2.96. The van der Waals surface area contributed by atoms with Crippen molar-refractivity contribution in [1.29, 1.82) is 0 Å². The van der Waals surface area contributed by atoms with Crippen LogP contribution < -0.4 is 4.90 Å². The number of hydrogen-bond donors (Lipinski definition) is 2. The molecule has 2 atom stereocenters. The number of benzene rings is 2. The zero-order valence-electron chi connectivity index (χ0n) is 12.7. The Hall–Kier alpha value is -1.59. The molecule has 22 heavy (non-hydrogen) atoms. The average Bonchev–Trinajstić information content (AvgIpc) is 2.86. The highest BCUT2D eigenvalue weighted by molar-refractivity contribution is 7.91. The lowest BCUT2D eigenvalue weighted by atomic mass is 10.0. The van der Waals surface area contributed by atoms with Crippen LogP contribution in [0.25, 0.3) is 10.8 Å². The maximum absolute atomic E-state index is 11.7. The molecule has 0 saturated carbocycles. The minimum Gasteiger partial charge on any atom is -0.507 e. The van der Waals surface area contributed by atoms with Crippen molar-refractivity contribution in [2.45, 2.75) is 25.9 Å². The van der Waals surface area contributed by atoms with Gasteiger partial charge in [-0.3, -0.25) is 0 Å². The maximum atomic E-state index is 11.7. The fourth-order valence-electron chi connectivity index (χ4n) is 3.41. The fraction of sp³-hybridized carbons (Fsp3) is 0.412.